The molecule has 0 amide bonds. The Kier molecular flexibility index (Phi) is 7.94. The second kappa shape index (κ2) is 10.2. The minimum absolute atomic E-state index is 0.117. The Hall–Kier alpha value is -2.93. The number of ether oxygens (including phenoxy) is 3. The third-order valence-corrected chi connectivity index (χ3v) is 4.59. The molecule has 0 spiro atoms. The number of aryl methyl sites for hydroxylation is 1. The van der Waals surface area contributed by atoms with Crippen molar-refractivity contribution < 1.29 is 28.6 Å². The van der Waals surface area contributed by atoms with E-state index in [1.807, 2.05) is 13.8 Å². The van der Waals surface area contributed by atoms with E-state index >= 15 is 0 Å². The van der Waals surface area contributed by atoms with Gasteiger partial charge in [-0.25, -0.2) is 9.59 Å². The molecule has 7 nitrogen and oxygen atoms in total. The lowest BCUT2D eigenvalue weighted by atomic mass is 10.1. The molecule has 2 aromatic rings. The van der Waals surface area contributed by atoms with Crippen LogP contribution in [0.1, 0.15) is 75.7 Å². The van der Waals surface area contributed by atoms with E-state index in [9.17, 15) is 14.4 Å². The molecule has 1 aromatic carbocycles. The summed E-state index contributed by atoms with van der Waals surface area (Å²) in [6.45, 7) is 11.2. The summed E-state index contributed by atoms with van der Waals surface area (Å²) in [5.41, 5.74) is 2.86. The Morgan fingerprint density at radius 1 is 1.00 bits per heavy atom. The van der Waals surface area contributed by atoms with Gasteiger partial charge in [0.05, 0.1) is 36.1 Å². The van der Waals surface area contributed by atoms with Gasteiger partial charge >= 0.3 is 11.9 Å². The van der Waals surface area contributed by atoms with Gasteiger partial charge in [-0.1, -0.05) is 12.1 Å². The second-order valence-electron chi connectivity index (χ2n) is 7.31. The summed E-state index contributed by atoms with van der Waals surface area (Å²) < 4.78 is 15.9. The molecule has 30 heavy (non-hydrogen) atoms. The zero-order valence-electron chi connectivity index (χ0n) is 18.3. The number of aromatic nitrogens is 1. The van der Waals surface area contributed by atoms with Gasteiger partial charge in [-0.2, -0.15) is 0 Å². The highest BCUT2D eigenvalue weighted by molar-refractivity contribution is 6.04. The molecule has 0 fully saturated rings. The Morgan fingerprint density at radius 3 is 2.20 bits per heavy atom. The van der Waals surface area contributed by atoms with Crippen molar-refractivity contribution in [3.05, 3.63) is 57.9 Å². The first-order chi connectivity index (χ1) is 14.1. The Morgan fingerprint density at radius 2 is 1.63 bits per heavy atom. The monoisotopic (exact) mass is 415 g/mol. The molecule has 1 atom stereocenters. The highest BCUT2D eigenvalue weighted by Gasteiger charge is 2.27. The Labute approximate surface area is 176 Å². The van der Waals surface area contributed by atoms with Gasteiger partial charge in [0.2, 0.25) is 5.78 Å². The van der Waals surface area contributed by atoms with Crippen molar-refractivity contribution in [1.82, 2.24) is 4.98 Å². The SMILES string of the molecule is CCOC(=O)c1c(C)[nH]c(C(=O)[C@H](C)OC(=O)c2ccc(COC(C)C)cc2)c1C. The average Bonchev–Trinajstić information content (AvgIpc) is 3.00. The number of carbonyl (C=O) groups is 3. The zero-order valence-corrected chi connectivity index (χ0v) is 18.3. The quantitative estimate of drug-likeness (QED) is 0.488. The van der Waals surface area contributed by atoms with Crippen LogP contribution in [0.25, 0.3) is 0 Å². The Bertz CT molecular complexity index is 911. The van der Waals surface area contributed by atoms with Gasteiger partial charge in [0.1, 0.15) is 0 Å². The molecular formula is C23H29NO6. The van der Waals surface area contributed by atoms with Crippen LogP contribution < -0.4 is 0 Å². The molecule has 0 aliphatic heterocycles. The lowest BCUT2D eigenvalue weighted by Crippen LogP contribution is -2.25. The van der Waals surface area contributed by atoms with E-state index in [2.05, 4.69) is 4.98 Å². The summed E-state index contributed by atoms with van der Waals surface area (Å²) in [4.78, 5) is 40.3. The van der Waals surface area contributed by atoms with Crippen LogP contribution in [0, 0.1) is 13.8 Å². The number of ketones is 1. The number of esters is 2. The van der Waals surface area contributed by atoms with Gasteiger partial charge in [-0.3, -0.25) is 4.79 Å². The van der Waals surface area contributed by atoms with Crippen LogP contribution >= 0.6 is 0 Å². The molecule has 0 unspecified atom stereocenters. The number of hydrogen-bond donors (Lipinski definition) is 1. The molecule has 0 bridgehead atoms. The smallest absolute Gasteiger partial charge is 0.340 e. The minimum atomic E-state index is -1.02. The maximum absolute atomic E-state index is 12.8. The summed E-state index contributed by atoms with van der Waals surface area (Å²) in [6.07, 6.45) is -0.904. The van der Waals surface area contributed by atoms with Crippen molar-refractivity contribution in [1.29, 1.82) is 0 Å². The maximum atomic E-state index is 12.8. The number of benzene rings is 1. The van der Waals surface area contributed by atoms with Gasteiger partial charge in [-0.15, -0.1) is 0 Å². The van der Waals surface area contributed by atoms with Gasteiger partial charge in [0.25, 0.3) is 0 Å². The molecule has 0 saturated heterocycles. The van der Waals surface area contributed by atoms with Crippen LogP contribution in [0.2, 0.25) is 0 Å². The van der Waals surface area contributed by atoms with E-state index in [1.54, 1.807) is 45.0 Å². The van der Waals surface area contributed by atoms with E-state index in [0.717, 1.165) is 5.56 Å². The molecule has 1 N–H and O–H groups in total. The third kappa shape index (κ3) is 5.57. The molecule has 0 radical (unpaired) electrons. The normalized spacial score (nSPS) is 12.0. The minimum Gasteiger partial charge on any atom is -0.462 e. The number of hydrogen-bond acceptors (Lipinski definition) is 6. The van der Waals surface area contributed by atoms with Crippen molar-refractivity contribution in [2.24, 2.45) is 0 Å². The topological polar surface area (TPSA) is 94.7 Å². The fraction of sp³-hybridized carbons (Fsp3) is 0.435. The molecular weight excluding hydrogens is 386 g/mol. The number of carbonyl (C=O) groups excluding carboxylic acids is 3. The third-order valence-electron chi connectivity index (χ3n) is 4.59. The number of aromatic amines is 1. The maximum Gasteiger partial charge on any atom is 0.340 e. The molecule has 0 saturated carbocycles. The van der Waals surface area contributed by atoms with Crippen molar-refractivity contribution in [3.63, 3.8) is 0 Å². The molecule has 0 aliphatic carbocycles. The summed E-state index contributed by atoms with van der Waals surface area (Å²) in [5.74, 6) is -1.51. The molecule has 7 heteroatoms. The van der Waals surface area contributed by atoms with E-state index in [4.69, 9.17) is 14.2 Å². The summed E-state index contributed by atoms with van der Waals surface area (Å²) in [6, 6.07) is 6.86. The predicted molar refractivity (Wildman–Crippen MR) is 112 cm³/mol. The molecule has 2 rings (SSSR count). The largest absolute Gasteiger partial charge is 0.462 e. The highest BCUT2D eigenvalue weighted by Crippen LogP contribution is 2.21. The molecule has 1 heterocycles. The van der Waals surface area contributed by atoms with Crippen LogP contribution in [0.15, 0.2) is 24.3 Å². The highest BCUT2D eigenvalue weighted by atomic mass is 16.5. The van der Waals surface area contributed by atoms with E-state index < -0.39 is 23.8 Å². The lowest BCUT2D eigenvalue weighted by molar-refractivity contribution is 0.0316. The molecule has 0 aliphatic rings. The number of rotatable bonds is 9. The fourth-order valence-electron chi connectivity index (χ4n) is 2.99. The number of Topliss-reactive ketones (excluding diaryl/α,β-unsaturated/α-hetero) is 1. The van der Waals surface area contributed by atoms with Crippen LogP contribution in [-0.4, -0.2) is 41.5 Å². The van der Waals surface area contributed by atoms with Crippen molar-refractivity contribution in [2.45, 2.75) is 60.4 Å². The van der Waals surface area contributed by atoms with Crippen LogP contribution in [0.3, 0.4) is 0 Å². The van der Waals surface area contributed by atoms with E-state index in [1.165, 1.54) is 6.92 Å². The van der Waals surface area contributed by atoms with E-state index in [-0.39, 0.29) is 18.4 Å². The summed E-state index contributed by atoms with van der Waals surface area (Å²) >= 11 is 0. The first-order valence-corrected chi connectivity index (χ1v) is 9.97. The standard InChI is InChI=1S/C23H29NO6/c1-7-28-23(27)19-14(4)20(24-15(19)5)21(25)16(6)30-22(26)18-10-8-17(9-11-18)12-29-13(2)3/h8-11,13,16,24H,7,12H2,1-6H3/t16-/m0/s1. The van der Waals surface area contributed by atoms with Crippen molar-refractivity contribution >= 4 is 17.7 Å². The molecule has 162 valence electrons. The van der Waals surface area contributed by atoms with Gasteiger partial charge in [0, 0.05) is 5.69 Å². The summed E-state index contributed by atoms with van der Waals surface area (Å²) in [7, 11) is 0. The molecule has 1 aromatic heterocycles. The van der Waals surface area contributed by atoms with Gasteiger partial charge in [-0.05, 0) is 64.8 Å². The second-order valence-corrected chi connectivity index (χ2v) is 7.31. The van der Waals surface area contributed by atoms with Crippen molar-refractivity contribution in [3.8, 4) is 0 Å². The number of nitrogens with one attached hydrogen (secondary N) is 1. The van der Waals surface area contributed by atoms with Gasteiger partial charge < -0.3 is 19.2 Å². The summed E-state index contributed by atoms with van der Waals surface area (Å²) in [5, 5.41) is 0. The van der Waals surface area contributed by atoms with Gasteiger partial charge in [0.15, 0.2) is 6.10 Å². The lowest BCUT2D eigenvalue weighted by Gasteiger charge is -2.13. The zero-order chi connectivity index (χ0) is 22.4. The fourth-order valence-corrected chi connectivity index (χ4v) is 2.99. The predicted octanol–water partition coefficient (Wildman–Crippen LogP) is 4.16. The number of H-pyrrole nitrogens is 1. The first-order valence-electron chi connectivity index (χ1n) is 9.97. The Balaban J connectivity index is 2.08. The van der Waals surface area contributed by atoms with Crippen molar-refractivity contribution in [2.75, 3.05) is 6.61 Å². The van der Waals surface area contributed by atoms with Crippen LogP contribution in [0.4, 0.5) is 0 Å². The first kappa shape index (κ1) is 23.3. The average molecular weight is 415 g/mol. The van der Waals surface area contributed by atoms with E-state index in [0.29, 0.717) is 29.0 Å². The van der Waals surface area contributed by atoms with Crippen LogP contribution in [0.5, 0.6) is 0 Å². The van der Waals surface area contributed by atoms with Crippen LogP contribution in [-0.2, 0) is 20.8 Å².